The zero-order valence-corrected chi connectivity index (χ0v) is 10.6. The maximum Gasteiger partial charge on any atom is 0.158 e. The number of nitrogens with one attached hydrogen (secondary N) is 1. The van der Waals surface area contributed by atoms with Gasteiger partial charge in [-0.05, 0) is 12.8 Å². The number of ether oxygens (including phenoxy) is 2. The van der Waals surface area contributed by atoms with E-state index in [9.17, 15) is 0 Å². The van der Waals surface area contributed by atoms with Gasteiger partial charge >= 0.3 is 0 Å². The Morgan fingerprint density at radius 1 is 1.25 bits per heavy atom. The molecule has 5 nitrogen and oxygen atoms in total. The molecule has 0 aromatic heterocycles. The molecule has 0 saturated heterocycles. The number of hydrogen-bond acceptors (Lipinski definition) is 5. The van der Waals surface area contributed by atoms with Crippen LogP contribution in [0.25, 0.3) is 0 Å². The highest BCUT2D eigenvalue weighted by molar-refractivity contribution is 4.75. The van der Waals surface area contributed by atoms with Crippen molar-refractivity contribution < 1.29 is 14.6 Å². The average Bonchev–Trinajstić information content (AvgIpc) is 2.33. The molecule has 2 atom stereocenters. The molecule has 0 aliphatic carbocycles. The summed E-state index contributed by atoms with van der Waals surface area (Å²) in [6.45, 7) is 2.82. The fourth-order valence-electron chi connectivity index (χ4n) is 1.65. The third-order valence-electron chi connectivity index (χ3n) is 2.73. The molecule has 0 aliphatic heterocycles. The van der Waals surface area contributed by atoms with E-state index in [0.717, 1.165) is 12.8 Å². The van der Waals surface area contributed by atoms with Gasteiger partial charge in [0.1, 0.15) is 0 Å². The Balaban J connectivity index is 4.05. The van der Waals surface area contributed by atoms with Crippen LogP contribution < -0.4 is 11.1 Å². The molecule has 0 aliphatic rings. The van der Waals surface area contributed by atoms with Crippen LogP contribution in [0.2, 0.25) is 0 Å². The van der Waals surface area contributed by atoms with Crippen LogP contribution in [0, 0.1) is 0 Å². The molecule has 0 bridgehead atoms. The first-order chi connectivity index (χ1) is 7.71. The monoisotopic (exact) mass is 234 g/mol. The molecule has 0 saturated carbocycles. The van der Waals surface area contributed by atoms with Crippen LogP contribution in [-0.4, -0.2) is 50.9 Å². The molecule has 0 fully saturated rings. The average molecular weight is 234 g/mol. The van der Waals surface area contributed by atoms with Crippen molar-refractivity contribution in [3.05, 3.63) is 0 Å². The van der Waals surface area contributed by atoms with Gasteiger partial charge in [0.15, 0.2) is 6.29 Å². The standard InChI is InChI=1S/C11H26N2O3/c1-4-9(5-6-14)13-10(8-12)7-11(15-2)16-3/h9-11,13-14H,4-8,12H2,1-3H3. The van der Waals surface area contributed by atoms with E-state index in [-0.39, 0.29) is 18.9 Å². The fourth-order valence-corrected chi connectivity index (χ4v) is 1.65. The van der Waals surface area contributed by atoms with Gasteiger partial charge < -0.3 is 25.6 Å². The highest BCUT2D eigenvalue weighted by Crippen LogP contribution is 2.05. The van der Waals surface area contributed by atoms with E-state index in [1.54, 1.807) is 14.2 Å². The summed E-state index contributed by atoms with van der Waals surface area (Å²) in [6, 6.07) is 0.453. The first kappa shape index (κ1) is 15.8. The van der Waals surface area contributed by atoms with Gasteiger partial charge in [-0.15, -0.1) is 0 Å². The Hall–Kier alpha value is -0.200. The smallest absolute Gasteiger partial charge is 0.158 e. The minimum Gasteiger partial charge on any atom is -0.396 e. The first-order valence-electron chi connectivity index (χ1n) is 5.84. The van der Waals surface area contributed by atoms with Crippen LogP contribution in [0.3, 0.4) is 0 Å². The van der Waals surface area contributed by atoms with Crippen LogP contribution in [0.15, 0.2) is 0 Å². The molecule has 0 aromatic rings. The maximum atomic E-state index is 8.91. The topological polar surface area (TPSA) is 76.7 Å². The van der Waals surface area contributed by atoms with Gasteiger partial charge in [-0.1, -0.05) is 6.92 Å². The summed E-state index contributed by atoms with van der Waals surface area (Å²) >= 11 is 0. The molecule has 98 valence electrons. The largest absolute Gasteiger partial charge is 0.396 e. The lowest BCUT2D eigenvalue weighted by molar-refractivity contribution is -0.110. The van der Waals surface area contributed by atoms with Crippen molar-refractivity contribution in [3.8, 4) is 0 Å². The Morgan fingerprint density at radius 2 is 1.88 bits per heavy atom. The Morgan fingerprint density at radius 3 is 2.25 bits per heavy atom. The highest BCUT2D eigenvalue weighted by atomic mass is 16.7. The molecule has 0 aromatic carbocycles. The molecule has 0 radical (unpaired) electrons. The summed E-state index contributed by atoms with van der Waals surface area (Å²) in [6.07, 6.45) is 2.21. The van der Waals surface area contributed by atoms with Crippen molar-refractivity contribution in [2.75, 3.05) is 27.4 Å². The summed E-state index contributed by atoms with van der Waals surface area (Å²) in [4.78, 5) is 0. The van der Waals surface area contributed by atoms with E-state index >= 15 is 0 Å². The van der Waals surface area contributed by atoms with Crippen LogP contribution in [-0.2, 0) is 9.47 Å². The predicted molar refractivity (Wildman–Crippen MR) is 64.2 cm³/mol. The van der Waals surface area contributed by atoms with E-state index in [1.807, 2.05) is 0 Å². The molecule has 0 spiro atoms. The Labute approximate surface area is 98.3 Å². The lowest BCUT2D eigenvalue weighted by atomic mass is 10.1. The van der Waals surface area contributed by atoms with E-state index in [0.29, 0.717) is 19.0 Å². The minimum absolute atomic E-state index is 0.154. The number of aliphatic hydroxyl groups excluding tert-OH is 1. The van der Waals surface area contributed by atoms with Gasteiger partial charge in [0, 0.05) is 45.9 Å². The van der Waals surface area contributed by atoms with Crippen molar-refractivity contribution in [1.29, 1.82) is 0 Å². The summed E-state index contributed by atoms with van der Waals surface area (Å²) < 4.78 is 10.3. The summed E-state index contributed by atoms with van der Waals surface area (Å²) in [7, 11) is 3.24. The maximum absolute atomic E-state index is 8.91. The second-order valence-corrected chi connectivity index (χ2v) is 3.85. The van der Waals surface area contributed by atoms with E-state index in [2.05, 4.69) is 12.2 Å². The molecular formula is C11H26N2O3. The van der Waals surface area contributed by atoms with E-state index < -0.39 is 0 Å². The van der Waals surface area contributed by atoms with Crippen LogP contribution in [0.5, 0.6) is 0 Å². The highest BCUT2D eigenvalue weighted by Gasteiger charge is 2.17. The van der Waals surface area contributed by atoms with Crippen LogP contribution >= 0.6 is 0 Å². The first-order valence-corrected chi connectivity index (χ1v) is 5.84. The van der Waals surface area contributed by atoms with Crippen LogP contribution in [0.1, 0.15) is 26.2 Å². The van der Waals surface area contributed by atoms with Crippen molar-refractivity contribution in [2.45, 2.75) is 44.6 Å². The van der Waals surface area contributed by atoms with Gasteiger partial charge in [-0.2, -0.15) is 0 Å². The van der Waals surface area contributed by atoms with Gasteiger partial charge in [0.05, 0.1) is 0 Å². The van der Waals surface area contributed by atoms with Crippen LogP contribution in [0.4, 0.5) is 0 Å². The summed E-state index contributed by atoms with van der Waals surface area (Å²) in [5.74, 6) is 0. The summed E-state index contributed by atoms with van der Waals surface area (Å²) in [5, 5.41) is 12.3. The summed E-state index contributed by atoms with van der Waals surface area (Å²) in [5.41, 5.74) is 5.69. The normalized spacial score (nSPS) is 15.4. The van der Waals surface area contributed by atoms with Crippen molar-refractivity contribution in [3.63, 3.8) is 0 Å². The number of nitrogens with two attached hydrogens (primary N) is 1. The molecular weight excluding hydrogens is 208 g/mol. The van der Waals surface area contributed by atoms with Crippen molar-refractivity contribution in [2.24, 2.45) is 5.73 Å². The van der Waals surface area contributed by atoms with E-state index in [1.165, 1.54) is 0 Å². The molecule has 16 heavy (non-hydrogen) atoms. The molecule has 4 N–H and O–H groups in total. The Kier molecular flexibility index (Phi) is 9.86. The fraction of sp³-hybridized carbons (Fsp3) is 1.00. The minimum atomic E-state index is -0.229. The molecule has 0 amide bonds. The quantitative estimate of drug-likeness (QED) is 0.466. The molecule has 0 heterocycles. The lowest BCUT2D eigenvalue weighted by Gasteiger charge is -2.26. The number of aliphatic hydroxyl groups is 1. The molecule has 2 unspecified atom stereocenters. The SMILES string of the molecule is CCC(CCO)NC(CN)CC(OC)OC. The van der Waals surface area contributed by atoms with Gasteiger partial charge in [0.2, 0.25) is 0 Å². The zero-order chi connectivity index (χ0) is 12.4. The van der Waals surface area contributed by atoms with Gasteiger partial charge in [0.25, 0.3) is 0 Å². The van der Waals surface area contributed by atoms with Crippen molar-refractivity contribution in [1.82, 2.24) is 5.32 Å². The number of methoxy groups -OCH3 is 2. The predicted octanol–water partition coefficient (Wildman–Crippen LogP) is 0.0733. The van der Waals surface area contributed by atoms with Crippen molar-refractivity contribution >= 4 is 0 Å². The molecule has 0 rings (SSSR count). The second-order valence-electron chi connectivity index (χ2n) is 3.85. The van der Waals surface area contributed by atoms with E-state index in [4.69, 9.17) is 20.3 Å². The number of rotatable bonds is 10. The lowest BCUT2D eigenvalue weighted by Crippen LogP contribution is -2.45. The zero-order valence-electron chi connectivity index (χ0n) is 10.6. The third-order valence-corrected chi connectivity index (χ3v) is 2.73. The van der Waals surface area contributed by atoms with Gasteiger partial charge in [-0.25, -0.2) is 0 Å². The Bertz CT molecular complexity index is 154. The second kappa shape index (κ2) is 9.99. The molecule has 5 heteroatoms. The third kappa shape index (κ3) is 6.40. The number of hydrogen-bond donors (Lipinski definition) is 3. The van der Waals surface area contributed by atoms with Gasteiger partial charge in [-0.3, -0.25) is 0 Å².